The fourth-order valence-electron chi connectivity index (χ4n) is 2.26. The Morgan fingerprint density at radius 3 is 2.90 bits per heavy atom. The van der Waals surface area contributed by atoms with E-state index in [2.05, 4.69) is 18.3 Å². The molecule has 1 aliphatic carbocycles. The lowest BCUT2D eigenvalue weighted by atomic mass is 9.89. The van der Waals surface area contributed by atoms with Gasteiger partial charge in [0.25, 0.3) is 0 Å². The van der Waals surface area contributed by atoms with Crippen molar-refractivity contribution in [2.75, 3.05) is 5.32 Å². The lowest BCUT2D eigenvalue weighted by Crippen LogP contribution is -2.10. The van der Waals surface area contributed by atoms with Crippen LogP contribution in [0.5, 0.6) is 0 Å². The molecule has 2 rings (SSSR count). The number of carboxylic acid groups (broad SMARTS) is 1. The van der Waals surface area contributed by atoms with Crippen LogP contribution >= 0.6 is 11.3 Å². The topological polar surface area (TPSA) is 90.2 Å². The Kier molecular flexibility index (Phi) is 4.20. The summed E-state index contributed by atoms with van der Waals surface area (Å²) < 4.78 is 0. The summed E-state index contributed by atoms with van der Waals surface area (Å²) in [7, 11) is 0. The maximum absolute atomic E-state index is 11.6. The number of carbonyl (C=O) groups excluding carboxylic acids is 1. The van der Waals surface area contributed by atoms with E-state index in [-0.39, 0.29) is 0 Å². The lowest BCUT2D eigenvalue weighted by Gasteiger charge is -2.17. The minimum atomic E-state index is -1.18. The Morgan fingerprint density at radius 2 is 2.25 bits per heavy atom. The summed E-state index contributed by atoms with van der Waals surface area (Å²) >= 11 is 1.42. The van der Waals surface area contributed by atoms with Crippen LogP contribution in [0.3, 0.4) is 0 Å². The summed E-state index contributed by atoms with van der Waals surface area (Å²) in [4.78, 5) is 23.1. The van der Waals surface area contributed by atoms with Crippen LogP contribution in [0.2, 0.25) is 0 Å². The van der Waals surface area contributed by atoms with Crippen molar-refractivity contribution in [1.82, 2.24) is 0 Å². The molecule has 1 aliphatic rings. The fraction of sp³-hybridized carbons (Fsp3) is 0.357. The van der Waals surface area contributed by atoms with Crippen LogP contribution < -0.4 is 5.32 Å². The third kappa shape index (κ3) is 3.06. The van der Waals surface area contributed by atoms with Crippen LogP contribution in [-0.2, 0) is 22.4 Å². The molecule has 0 unspecified atom stereocenters. The maximum Gasteiger partial charge on any atom is 0.328 e. The zero-order valence-corrected chi connectivity index (χ0v) is 11.8. The molecule has 0 radical (unpaired) electrons. The average molecular weight is 290 g/mol. The first kappa shape index (κ1) is 14.3. The van der Waals surface area contributed by atoms with Gasteiger partial charge >= 0.3 is 5.97 Å². The third-order valence-electron chi connectivity index (χ3n) is 3.24. The summed E-state index contributed by atoms with van der Waals surface area (Å²) in [5.74, 6) is -1.13. The number of carbonyl (C=O) groups is 2. The van der Waals surface area contributed by atoms with Crippen LogP contribution in [0.15, 0.2) is 12.2 Å². The number of amides is 1. The molecule has 5 nitrogen and oxygen atoms in total. The van der Waals surface area contributed by atoms with E-state index >= 15 is 0 Å². The van der Waals surface area contributed by atoms with Crippen LogP contribution in [0, 0.1) is 17.2 Å². The van der Waals surface area contributed by atoms with Crippen molar-refractivity contribution in [1.29, 1.82) is 5.26 Å². The number of thiophene rings is 1. The minimum absolute atomic E-state index is 0.520. The number of anilines is 1. The largest absolute Gasteiger partial charge is 0.478 e. The lowest BCUT2D eigenvalue weighted by molar-refractivity contribution is -0.131. The second kappa shape index (κ2) is 5.88. The van der Waals surface area contributed by atoms with Gasteiger partial charge in [0.05, 0.1) is 5.56 Å². The molecule has 0 fully saturated rings. The molecule has 0 saturated carbocycles. The van der Waals surface area contributed by atoms with E-state index in [1.807, 2.05) is 0 Å². The Balaban J connectivity index is 2.23. The smallest absolute Gasteiger partial charge is 0.328 e. The number of rotatable bonds is 3. The number of hydrogen-bond acceptors (Lipinski definition) is 4. The van der Waals surface area contributed by atoms with Crippen molar-refractivity contribution in [3.63, 3.8) is 0 Å². The molecule has 0 spiro atoms. The molecule has 6 heteroatoms. The van der Waals surface area contributed by atoms with Gasteiger partial charge in [-0.3, -0.25) is 4.79 Å². The van der Waals surface area contributed by atoms with Gasteiger partial charge in [0.15, 0.2) is 0 Å². The molecule has 2 N–H and O–H groups in total. The van der Waals surface area contributed by atoms with Crippen molar-refractivity contribution in [3.05, 3.63) is 28.2 Å². The zero-order chi connectivity index (χ0) is 14.7. The van der Waals surface area contributed by atoms with Crippen molar-refractivity contribution in [2.45, 2.75) is 26.2 Å². The molecule has 1 atom stereocenters. The van der Waals surface area contributed by atoms with E-state index in [1.54, 1.807) is 0 Å². The number of hydrogen-bond donors (Lipinski definition) is 2. The van der Waals surface area contributed by atoms with E-state index in [9.17, 15) is 14.9 Å². The predicted molar refractivity (Wildman–Crippen MR) is 75.6 cm³/mol. The molecule has 0 saturated heterocycles. The highest BCUT2D eigenvalue weighted by Gasteiger charge is 2.24. The van der Waals surface area contributed by atoms with Crippen LogP contribution in [0.1, 0.15) is 29.3 Å². The molecule has 0 aromatic carbocycles. The Labute approximate surface area is 120 Å². The Bertz CT molecular complexity index is 625. The molecule has 1 heterocycles. The van der Waals surface area contributed by atoms with Gasteiger partial charge in [-0.2, -0.15) is 5.26 Å². The molecule has 104 valence electrons. The average Bonchev–Trinajstić information content (AvgIpc) is 2.72. The van der Waals surface area contributed by atoms with Gasteiger partial charge in [-0.1, -0.05) is 6.92 Å². The first-order valence-corrected chi connectivity index (χ1v) is 7.09. The number of fused-ring (bicyclic) bond motifs is 1. The van der Waals surface area contributed by atoms with Crippen molar-refractivity contribution in [2.24, 2.45) is 5.92 Å². The van der Waals surface area contributed by atoms with Crippen LogP contribution in [-0.4, -0.2) is 17.0 Å². The van der Waals surface area contributed by atoms with Gasteiger partial charge in [0.2, 0.25) is 5.91 Å². The van der Waals surface area contributed by atoms with Gasteiger partial charge in [-0.05, 0) is 30.7 Å². The number of carboxylic acids is 1. The molecule has 1 amide bonds. The van der Waals surface area contributed by atoms with Gasteiger partial charge in [0, 0.05) is 17.0 Å². The number of nitrogens with zero attached hydrogens (tertiary/aromatic N) is 1. The van der Waals surface area contributed by atoms with Gasteiger partial charge in [-0.25, -0.2) is 4.79 Å². The van der Waals surface area contributed by atoms with E-state index in [4.69, 9.17) is 5.11 Å². The van der Waals surface area contributed by atoms with E-state index in [1.165, 1.54) is 11.3 Å². The number of nitriles is 1. The van der Waals surface area contributed by atoms with Gasteiger partial charge in [0.1, 0.15) is 11.1 Å². The van der Waals surface area contributed by atoms with Crippen molar-refractivity contribution >= 4 is 28.2 Å². The molecular formula is C14H14N2O3S. The molecule has 0 bridgehead atoms. The fourth-order valence-corrected chi connectivity index (χ4v) is 3.62. The third-order valence-corrected chi connectivity index (χ3v) is 4.41. The van der Waals surface area contributed by atoms with Crippen molar-refractivity contribution in [3.8, 4) is 6.07 Å². The highest BCUT2D eigenvalue weighted by atomic mass is 32.1. The summed E-state index contributed by atoms with van der Waals surface area (Å²) in [6.45, 7) is 2.17. The monoisotopic (exact) mass is 290 g/mol. The standard InChI is InChI=1S/C14H14N2O3S/c1-8-2-3-9-10(7-15)14(20-11(9)6-8)16-12(17)4-5-13(18)19/h4-5,8H,2-3,6H2,1H3,(H,16,17)(H,18,19)/b5-4-/t8-/m1/s1. The molecular weight excluding hydrogens is 276 g/mol. The number of nitrogens with one attached hydrogen (secondary N) is 1. The normalized spacial score (nSPS) is 17.5. The Morgan fingerprint density at radius 1 is 1.50 bits per heavy atom. The second-order valence-corrected chi connectivity index (χ2v) is 5.93. The van der Waals surface area contributed by atoms with Gasteiger partial charge in [-0.15, -0.1) is 11.3 Å². The summed E-state index contributed by atoms with van der Waals surface area (Å²) in [5.41, 5.74) is 1.56. The molecule has 1 aromatic rings. The summed E-state index contributed by atoms with van der Waals surface area (Å²) in [6, 6.07) is 2.14. The Hall–Kier alpha value is -2.13. The zero-order valence-electron chi connectivity index (χ0n) is 11.0. The van der Waals surface area contributed by atoms with E-state index in [0.717, 1.165) is 41.9 Å². The molecule has 0 aliphatic heterocycles. The van der Waals surface area contributed by atoms with Crippen molar-refractivity contribution < 1.29 is 14.7 Å². The molecule has 20 heavy (non-hydrogen) atoms. The second-order valence-electron chi connectivity index (χ2n) is 4.83. The summed E-state index contributed by atoms with van der Waals surface area (Å²) in [6.07, 6.45) is 4.55. The maximum atomic E-state index is 11.6. The number of aliphatic carboxylic acids is 1. The first-order chi connectivity index (χ1) is 9.51. The SMILES string of the molecule is C[C@@H]1CCc2c(sc(NC(=O)/C=C\C(=O)O)c2C#N)C1. The van der Waals surface area contributed by atoms with Crippen LogP contribution in [0.4, 0.5) is 5.00 Å². The molecule has 1 aromatic heterocycles. The van der Waals surface area contributed by atoms with E-state index < -0.39 is 11.9 Å². The highest BCUT2D eigenvalue weighted by Crippen LogP contribution is 2.39. The van der Waals surface area contributed by atoms with E-state index in [0.29, 0.717) is 16.5 Å². The van der Waals surface area contributed by atoms with Crippen LogP contribution in [0.25, 0.3) is 0 Å². The van der Waals surface area contributed by atoms with Gasteiger partial charge < -0.3 is 10.4 Å². The first-order valence-electron chi connectivity index (χ1n) is 6.28. The quantitative estimate of drug-likeness (QED) is 0.836. The minimum Gasteiger partial charge on any atom is -0.478 e. The highest BCUT2D eigenvalue weighted by molar-refractivity contribution is 7.16. The predicted octanol–water partition coefficient (Wildman–Crippen LogP) is 2.32. The summed E-state index contributed by atoms with van der Waals surface area (Å²) in [5, 5.41) is 20.8.